The number of benzene rings is 1. The molecular weight excluding hydrogens is 336 g/mol. The summed E-state index contributed by atoms with van der Waals surface area (Å²) in [6.07, 6.45) is 11.0. The molecule has 27 heavy (non-hydrogen) atoms. The van der Waals surface area contributed by atoms with E-state index in [-0.39, 0.29) is 17.5 Å². The molecule has 4 heteroatoms. The number of carbonyl (C=O) groups excluding carboxylic acids is 1. The highest BCUT2D eigenvalue weighted by atomic mass is 16.2. The van der Waals surface area contributed by atoms with Crippen molar-refractivity contribution in [1.82, 2.24) is 9.47 Å². The molecule has 4 nitrogen and oxygen atoms in total. The van der Waals surface area contributed by atoms with Gasteiger partial charge in [-0.15, -0.1) is 0 Å². The molecule has 1 unspecified atom stereocenters. The minimum atomic E-state index is -0.206. The van der Waals surface area contributed by atoms with E-state index in [0.29, 0.717) is 12.1 Å². The molecule has 0 bridgehead atoms. The summed E-state index contributed by atoms with van der Waals surface area (Å²) in [6, 6.07) is 8.13. The van der Waals surface area contributed by atoms with Crippen LogP contribution in [0.1, 0.15) is 53.2 Å². The van der Waals surface area contributed by atoms with Gasteiger partial charge in [0.2, 0.25) is 0 Å². The average molecular weight is 362 g/mol. The van der Waals surface area contributed by atoms with Gasteiger partial charge in [-0.3, -0.25) is 14.2 Å². The maximum absolute atomic E-state index is 13.3. The van der Waals surface area contributed by atoms with E-state index in [4.69, 9.17) is 0 Å². The first kappa shape index (κ1) is 17.8. The smallest absolute Gasteiger partial charge is 0.268 e. The SMILES string of the molecule is CCCC1C=CCN1C(=O)c1c(C)ccn(-c2cccc3c2CCC3)c1=O. The number of pyridine rings is 1. The predicted octanol–water partition coefficient (Wildman–Crippen LogP) is 3.82. The van der Waals surface area contributed by atoms with Crippen LogP contribution >= 0.6 is 0 Å². The van der Waals surface area contributed by atoms with Crippen LogP contribution < -0.4 is 5.56 Å². The number of hydrogen-bond acceptors (Lipinski definition) is 2. The summed E-state index contributed by atoms with van der Waals surface area (Å²) in [4.78, 5) is 28.4. The van der Waals surface area contributed by atoms with E-state index in [1.54, 1.807) is 4.57 Å². The molecule has 1 aromatic heterocycles. The number of aromatic nitrogens is 1. The van der Waals surface area contributed by atoms with Crippen molar-refractivity contribution in [2.24, 2.45) is 0 Å². The normalized spacial score (nSPS) is 18.1. The zero-order valence-electron chi connectivity index (χ0n) is 16.1. The summed E-state index contributed by atoms with van der Waals surface area (Å²) in [6.45, 7) is 4.55. The van der Waals surface area contributed by atoms with Gasteiger partial charge in [-0.25, -0.2) is 0 Å². The molecule has 0 spiro atoms. The minimum Gasteiger partial charge on any atom is -0.328 e. The van der Waals surface area contributed by atoms with Crippen LogP contribution in [0.2, 0.25) is 0 Å². The number of amides is 1. The molecule has 0 N–H and O–H groups in total. The Kier molecular flexibility index (Phi) is 4.73. The maximum atomic E-state index is 13.3. The van der Waals surface area contributed by atoms with Crippen LogP contribution in [0.15, 0.2) is 47.4 Å². The van der Waals surface area contributed by atoms with Gasteiger partial charge >= 0.3 is 0 Å². The quantitative estimate of drug-likeness (QED) is 0.776. The molecule has 4 rings (SSSR count). The van der Waals surface area contributed by atoms with Gasteiger partial charge < -0.3 is 4.90 Å². The first-order chi connectivity index (χ1) is 13.1. The zero-order chi connectivity index (χ0) is 19.0. The molecule has 2 aliphatic rings. The fourth-order valence-corrected chi connectivity index (χ4v) is 4.40. The second-order valence-electron chi connectivity index (χ2n) is 7.56. The highest BCUT2D eigenvalue weighted by molar-refractivity contribution is 5.96. The molecule has 0 saturated carbocycles. The van der Waals surface area contributed by atoms with Crippen LogP contribution in [0.25, 0.3) is 5.69 Å². The Morgan fingerprint density at radius 3 is 2.89 bits per heavy atom. The standard InChI is InChI=1S/C23H26N2O2/c1-3-7-18-10-6-14-24(18)22(26)21-16(2)13-15-25(23(21)27)20-12-5-9-17-8-4-11-19(17)20/h5-6,9-10,12-13,15,18H,3-4,7-8,11,14H2,1-2H3. The number of fused-ring (bicyclic) bond motifs is 1. The van der Waals surface area contributed by atoms with Crippen molar-refractivity contribution in [2.45, 2.75) is 52.0 Å². The molecule has 1 aliphatic carbocycles. The van der Waals surface area contributed by atoms with Crippen molar-refractivity contribution in [2.75, 3.05) is 6.54 Å². The summed E-state index contributed by atoms with van der Waals surface area (Å²) >= 11 is 0. The van der Waals surface area contributed by atoms with Gasteiger partial charge in [0.05, 0.1) is 11.7 Å². The molecule has 140 valence electrons. The lowest BCUT2D eigenvalue weighted by Gasteiger charge is -2.25. The highest BCUT2D eigenvalue weighted by Gasteiger charge is 2.29. The lowest BCUT2D eigenvalue weighted by Crippen LogP contribution is -2.40. The monoisotopic (exact) mass is 362 g/mol. The van der Waals surface area contributed by atoms with Crippen molar-refractivity contribution in [1.29, 1.82) is 0 Å². The topological polar surface area (TPSA) is 42.3 Å². The summed E-state index contributed by atoms with van der Waals surface area (Å²) < 4.78 is 1.67. The molecule has 1 atom stereocenters. The van der Waals surface area contributed by atoms with Crippen molar-refractivity contribution in [3.8, 4) is 5.69 Å². The van der Waals surface area contributed by atoms with E-state index in [1.165, 1.54) is 11.1 Å². The van der Waals surface area contributed by atoms with E-state index in [0.717, 1.165) is 43.4 Å². The Labute approximate surface area is 160 Å². The number of carbonyl (C=O) groups is 1. The second-order valence-corrected chi connectivity index (χ2v) is 7.56. The van der Waals surface area contributed by atoms with Crippen molar-refractivity contribution in [3.05, 3.63) is 75.2 Å². The number of aryl methyl sites for hydroxylation is 2. The Morgan fingerprint density at radius 2 is 2.07 bits per heavy atom. The van der Waals surface area contributed by atoms with Crippen LogP contribution in [0, 0.1) is 6.92 Å². The summed E-state index contributed by atoms with van der Waals surface area (Å²) in [5.41, 5.74) is 4.33. The van der Waals surface area contributed by atoms with Crippen molar-refractivity contribution in [3.63, 3.8) is 0 Å². The summed E-state index contributed by atoms with van der Waals surface area (Å²) in [5, 5.41) is 0. The number of hydrogen-bond donors (Lipinski definition) is 0. The lowest BCUT2D eigenvalue weighted by atomic mass is 10.1. The van der Waals surface area contributed by atoms with Crippen LogP contribution in [0.4, 0.5) is 0 Å². The summed E-state index contributed by atoms with van der Waals surface area (Å²) in [7, 11) is 0. The third-order valence-corrected chi connectivity index (χ3v) is 5.80. The fraction of sp³-hybridized carbons (Fsp3) is 0.391. The third-order valence-electron chi connectivity index (χ3n) is 5.80. The highest BCUT2D eigenvalue weighted by Crippen LogP contribution is 2.27. The van der Waals surface area contributed by atoms with Gasteiger partial charge in [0.25, 0.3) is 11.5 Å². The number of rotatable bonds is 4. The van der Waals surface area contributed by atoms with E-state index in [9.17, 15) is 9.59 Å². The second kappa shape index (κ2) is 7.18. The molecule has 1 aliphatic heterocycles. The third kappa shape index (κ3) is 3.03. The minimum absolute atomic E-state index is 0.0935. The van der Waals surface area contributed by atoms with Crippen LogP contribution in [0.3, 0.4) is 0 Å². The van der Waals surface area contributed by atoms with E-state index >= 15 is 0 Å². The number of nitrogens with zero attached hydrogens (tertiary/aromatic N) is 2. The van der Waals surface area contributed by atoms with Gasteiger partial charge in [-0.05, 0) is 61.4 Å². The van der Waals surface area contributed by atoms with E-state index in [1.807, 2.05) is 42.3 Å². The maximum Gasteiger partial charge on any atom is 0.268 e. The molecule has 0 saturated heterocycles. The van der Waals surface area contributed by atoms with Crippen LogP contribution in [-0.4, -0.2) is 28.0 Å². The first-order valence-corrected chi connectivity index (χ1v) is 9.93. The fourth-order valence-electron chi connectivity index (χ4n) is 4.40. The lowest BCUT2D eigenvalue weighted by molar-refractivity contribution is 0.0741. The van der Waals surface area contributed by atoms with Gasteiger partial charge in [0, 0.05) is 12.7 Å². The largest absolute Gasteiger partial charge is 0.328 e. The van der Waals surface area contributed by atoms with Crippen molar-refractivity contribution >= 4 is 5.91 Å². The van der Waals surface area contributed by atoms with Crippen LogP contribution in [0.5, 0.6) is 0 Å². The van der Waals surface area contributed by atoms with Gasteiger partial charge in [-0.2, -0.15) is 0 Å². The molecule has 2 aromatic rings. The molecular formula is C23H26N2O2. The van der Waals surface area contributed by atoms with Gasteiger partial charge in [-0.1, -0.05) is 37.6 Å². The zero-order valence-corrected chi connectivity index (χ0v) is 16.1. The van der Waals surface area contributed by atoms with Crippen molar-refractivity contribution < 1.29 is 4.79 Å². The Bertz CT molecular complexity index is 971. The molecule has 1 aromatic carbocycles. The Balaban J connectivity index is 1.78. The first-order valence-electron chi connectivity index (χ1n) is 9.93. The van der Waals surface area contributed by atoms with E-state index < -0.39 is 0 Å². The molecule has 0 radical (unpaired) electrons. The summed E-state index contributed by atoms with van der Waals surface area (Å²) in [5.74, 6) is -0.150. The molecule has 1 amide bonds. The molecule has 0 fully saturated rings. The molecule has 2 heterocycles. The van der Waals surface area contributed by atoms with E-state index in [2.05, 4.69) is 19.1 Å². The van der Waals surface area contributed by atoms with Gasteiger partial charge in [0.15, 0.2) is 0 Å². The Hall–Kier alpha value is -2.62. The van der Waals surface area contributed by atoms with Gasteiger partial charge in [0.1, 0.15) is 5.56 Å². The predicted molar refractivity (Wildman–Crippen MR) is 108 cm³/mol. The Morgan fingerprint density at radius 1 is 1.22 bits per heavy atom. The average Bonchev–Trinajstić information content (AvgIpc) is 3.31. The van der Waals surface area contributed by atoms with Crippen LogP contribution in [-0.2, 0) is 12.8 Å².